The summed E-state index contributed by atoms with van der Waals surface area (Å²) in [7, 11) is 0. The lowest BCUT2D eigenvalue weighted by atomic mass is 10.1. The minimum Gasteiger partial charge on any atom is -0.478 e. The van der Waals surface area contributed by atoms with Gasteiger partial charge in [0.2, 0.25) is 11.8 Å². The van der Waals surface area contributed by atoms with Gasteiger partial charge in [-0.2, -0.15) is 0 Å². The average molecular weight is 345 g/mol. The number of hydrogen-bond acceptors (Lipinski definition) is 3. The molecule has 1 aromatic rings. The Hall–Kier alpha value is -1.96. The smallest absolute Gasteiger partial charge is 0.337 e. The molecule has 0 aromatic heterocycles. The molecule has 0 bridgehead atoms. The molecule has 1 heterocycles. The zero-order valence-corrected chi connectivity index (χ0v) is 11.7. The van der Waals surface area contributed by atoms with Gasteiger partial charge < -0.3 is 15.7 Å². The summed E-state index contributed by atoms with van der Waals surface area (Å²) in [4.78, 5) is 35.4. The first-order valence-corrected chi connectivity index (χ1v) is 6.42. The lowest BCUT2D eigenvalue weighted by molar-refractivity contribution is -0.123. The van der Waals surface area contributed by atoms with Gasteiger partial charge in [0.1, 0.15) is 5.82 Å². The molecule has 0 radical (unpaired) electrons. The summed E-state index contributed by atoms with van der Waals surface area (Å²) >= 11 is 3.05. The molecule has 1 aliphatic heterocycles. The van der Waals surface area contributed by atoms with E-state index in [4.69, 9.17) is 10.8 Å². The molecule has 2 amide bonds. The Balaban J connectivity index is 2.50. The maximum Gasteiger partial charge on any atom is 0.337 e. The third-order valence-corrected chi connectivity index (χ3v) is 3.66. The number of hydrogen-bond donors (Lipinski definition) is 2. The van der Waals surface area contributed by atoms with Gasteiger partial charge in [0.05, 0.1) is 17.2 Å². The summed E-state index contributed by atoms with van der Waals surface area (Å²) in [6.45, 7) is -0.0152. The van der Waals surface area contributed by atoms with Crippen molar-refractivity contribution in [3.8, 4) is 0 Å². The highest BCUT2D eigenvalue weighted by molar-refractivity contribution is 9.10. The van der Waals surface area contributed by atoms with Crippen molar-refractivity contribution in [1.82, 2.24) is 0 Å². The number of nitrogens with zero attached hydrogens (tertiary/aromatic N) is 1. The lowest BCUT2D eigenvalue weighted by Crippen LogP contribution is -2.30. The van der Waals surface area contributed by atoms with E-state index in [2.05, 4.69) is 15.9 Å². The molecule has 0 spiro atoms. The fraction of sp³-hybridized carbons (Fsp3) is 0.250. The fourth-order valence-corrected chi connectivity index (χ4v) is 2.76. The number of rotatable bonds is 3. The van der Waals surface area contributed by atoms with Gasteiger partial charge >= 0.3 is 5.97 Å². The van der Waals surface area contributed by atoms with Gasteiger partial charge in [0, 0.05) is 17.4 Å². The molecular formula is C12H10BrFN2O4. The molecule has 1 atom stereocenters. The highest BCUT2D eigenvalue weighted by atomic mass is 79.9. The Kier molecular flexibility index (Phi) is 3.76. The van der Waals surface area contributed by atoms with E-state index in [9.17, 15) is 18.8 Å². The van der Waals surface area contributed by atoms with Gasteiger partial charge in [-0.1, -0.05) is 0 Å². The first-order valence-electron chi connectivity index (χ1n) is 5.63. The quantitative estimate of drug-likeness (QED) is 0.857. The van der Waals surface area contributed by atoms with Crippen molar-refractivity contribution in [2.75, 3.05) is 11.4 Å². The van der Waals surface area contributed by atoms with Crippen molar-refractivity contribution < 1.29 is 23.9 Å². The number of carboxylic acid groups (broad SMARTS) is 1. The SMILES string of the molecule is NC(=O)C1CC(=O)N(c2c(Br)cc(F)cc2C(=O)O)C1. The van der Waals surface area contributed by atoms with Crippen LogP contribution in [0.5, 0.6) is 0 Å². The minimum absolute atomic E-state index is 0.0152. The molecular weight excluding hydrogens is 335 g/mol. The third kappa shape index (κ3) is 2.51. The predicted octanol–water partition coefficient (Wildman–Crippen LogP) is 1.12. The molecule has 6 nitrogen and oxygen atoms in total. The molecule has 2 rings (SSSR count). The Labute approximate surface area is 121 Å². The van der Waals surface area contributed by atoms with E-state index in [1.165, 1.54) is 0 Å². The van der Waals surface area contributed by atoms with E-state index < -0.39 is 29.5 Å². The molecule has 1 fully saturated rings. The van der Waals surface area contributed by atoms with Crippen LogP contribution < -0.4 is 10.6 Å². The van der Waals surface area contributed by atoms with E-state index in [0.29, 0.717) is 0 Å². The van der Waals surface area contributed by atoms with Crippen LogP contribution in [-0.2, 0) is 9.59 Å². The van der Waals surface area contributed by atoms with E-state index >= 15 is 0 Å². The van der Waals surface area contributed by atoms with Crippen molar-refractivity contribution in [2.24, 2.45) is 11.7 Å². The second kappa shape index (κ2) is 5.20. The van der Waals surface area contributed by atoms with E-state index in [1.54, 1.807) is 0 Å². The second-order valence-corrected chi connectivity index (χ2v) is 5.25. The normalized spacial score (nSPS) is 18.4. The van der Waals surface area contributed by atoms with Crippen LogP contribution in [0.4, 0.5) is 10.1 Å². The highest BCUT2D eigenvalue weighted by Gasteiger charge is 2.36. The summed E-state index contributed by atoms with van der Waals surface area (Å²) in [5.74, 6) is -3.84. The van der Waals surface area contributed by atoms with Crippen molar-refractivity contribution in [1.29, 1.82) is 0 Å². The van der Waals surface area contributed by atoms with Crippen molar-refractivity contribution >= 4 is 39.4 Å². The number of anilines is 1. The van der Waals surface area contributed by atoms with Crippen molar-refractivity contribution in [2.45, 2.75) is 6.42 Å². The Morgan fingerprint density at radius 1 is 1.45 bits per heavy atom. The van der Waals surface area contributed by atoms with E-state index in [-0.39, 0.29) is 28.7 Å². The monoisotopic (exact) mass is 344 g/mol. The molecule has 20 heavy (non-hydrogen) atoms. The highest BCUT2D eigenvalue weighted by Crippen LogP contribution is 2.35. The molecule has 0 saturated carbocycles. The number of amides is 2. The molecule has 8 heteroatoms. The van der Waals surface area contributed by atoms with Gasteiger partial charge in [-0.05, 0) is 28.1 Å². The molecule has 0 aliphatic carbocycles. The van der Waals surface area contributed by atoms with Crippen LogP contribution in [0.2, 0.25) is 0 Å². The standard InChI is InChI=1S/C12H10BrFN2O4/c13-8-3-6(14)2-7(12(19)20)10(8)16-4-5(11(15)18)1-9(16)17/h2-3,5H,1,4H2,(H2,15,18)(H,19,20). The van der Waals surface area contributed by atoms with Gasteiger partial charge in [-0.15, -0.1) is 0 Å². The fourth-order valence-electron chi connectivity index (χ4n) is 2.12. The van der Waals surface area contributed by atoms with Crippen LogP contribution in [0.1, 0.15) is 16.8 Å². The molecule has 1 aromatic carbocycles. The van der Waals surface area contributed by atoms with Crippen LogP contribution in [0.25, 0.3) is 0 Å². The summed E-state index contributed by atoms with van der Waals surface area (Å²) in [5, 5.41) is 9.12. The van der Waals surface area contributed by atoms with Gasteiger partial charge in [-0.3, -0.25) is 9.59 Å². The second-order valence-electron chi connectivity index (χ2n) is 4.40. The number of nitrogens with two attached hydrogens (primary N) is 1. The van der Waals surface area contributed by atoms with Crippen LogP contribution in [-0.4, -0.2) is 29.4 Å². The molecule has 1 unspecified atom stereocenters. The molecule has 106 valence electrons. The largest absolute Gasteiger partial charge is 0.478 e. The van der Waals surface area contributed by atoms with E-state index in [1.807, 2.05) is 0 Å². The van der Waals surface area contributed by atoms with Gasteiger partial charge in [0.15, 0.2) is 0 Å². The molecule has 3 N–H and O–H groups in total. The zero-order chi connectivity index (χ0) is 15.0. The first-order chi connectivity index (χ1) is 9.31. The Bertz CT molecular complexity index is 620. The number of carbonyl (C=O) groups excluding carboxylic acids is 2. The maximum atomic E-state index is 13.3. The number of aromatic carboxylic acids is 1. The van der Waals surface area contributed by atoms with Crippen LogP contribution in [0.3, 0.4) is 0 Å². The summed E-state index contributed by atoms with van der Waals surface area (Å²) in [5.41, 5.74) is 4.84. The summed E-state index contributed by atoms with van der Waals surface area (Å²) in [6.07, 6.45) is -0.0851. The number of benzene rings is 1. The molecule has 1 aliphatic rings. The zero-order valence-electron chi connectivity index (χ0n) is 10.1. The van der Waals surface area contributed by atoms with Crippen LogP contribution >= 0.6 is 15.9 Å². The van der Waals surface area contributed by atoms with Gasteiger partial charge in [0.25, 0.3) is 0 Å². The maximum absolute atomic E-state index is 13.3. The Morgan fingerprint density at radius 3 is 2.60 bits per heavy atom. The number of primary amides is 1. The van der Waals surface area contributed by atoms with Crippen molar-refractivity contribution in [3.05, 3.63) is 28.0 Å². The van der Waals surface area contributed by atoms with Gasteiger partial charge in [-0.25, -0.2) is 9.18 Å². The Morgan fingerprint density at radius 2 is 2.10 bits per heavy atom. The summed E-state index contributed by atoms with van der Waals surface area (Å²) in [6, 6.07) is 1.89. The number of carbonyl (C=O) groups is 3. The lowest BCUT2D eigenvalue weighted by Gasteiger charge is -2.20. The number of halogens is 2. The number of carboxylic acids is 1. The third-order valence-electron chi connectivity index (χ3n) is 3.06. The van der Waals surface area contributed by atoms with Crippen LogP contribution in [0, 0.1) is 11.7 Å². The van der Waals surface area contributed by atoms with E-state index in [0.717, 1.165) is 17.0 Å². The van der Waals surface area contributed by atoms with Crippen LogP contribution in [0.15, 0.2) is 16.6 Å². The van der Waals surface area contributed by atoms with Crippen molar-refractivity contribution in [3.63, 3.8) is 0 Å². The minimum atomic E-state index is -1.37. The first kappa shape index (κ1) is 14.4. The topological polar surface area (TPSA) is 101 Å². The predicted molar refractivity (Wildman–Crippen MR) is 70.7 cm³/mol. The molecule has 1 saturated heterocycles. The average Bonchev–Trinajstić information content (AvgIpc) is 2.70. The summed E-state index contributed by atoms with van der Waals surface area (Å²) < 4.78 is 13.4.